The second kappa shape index (κ2) is 7.09. The van der Waals surface area contributed by atoms with Gasteiger partial charge in [0.25, 0.3) is 10.0 Å². The van der Waals surface area contributed by atoms with Gasteiger partial charge in [-0.05, 0) is 61.9 Å². The molecule has 2 N–H and O–H groups in total. The largest absolute Gasteiger partial charge is 0.339 e. The second-order valence-corrected chi connectivity index (χ2v) is 7.49. The molecule has 0 atom stereocenters. The van der Waals surface area contributed by atoms with Crippen molar-refractivity contribution < 1.29 is 12.8 Å². The Morgan fingerprint density at radius 2 is 1.54 bits per heavy atom. The molecule has 8 heteroatoms. The number of nitrogens with one attached hydrogen (secondary N) is 2. The van der Waals surface area contributed by atoms with Crippen LogP contribution in [-0.4, -0.2) is 18.6 Å². The molecular formula is C18H17FN4O2S. The maximum Gasteiger partial charge on any atom is 0.263 e. The predicted octanol–water partition coefficient (Wildman–Crippen LogP) is 3.78. The van der Waals surface area contributed by atoms with Crippen LogP contribution in [0.2, 0.25) is 0 Å². The monoisotopic (exact) mass is 372 g/mol. The summed E-state index contributed by atoms with van der Waals surface area (Å²) in [5, 5.41) is 11.0. The van der Waals surface area contributed by atoms with Crippen molar-refractivity contribution in [3.8, 4) is 0 Å². The van der Waals surface area contributed by atoms with Gasteiger partial charge in [-0.3, -0.25) is 4.72 Å². The van der Waals surface area contributed by atoms with Crippen LogP contribution in [0, 0.1) is 19.7 Å². The molecule has 1 aromatic heterocycles. The minimum Gasteiger partial charge on any atom is -0.339 e. The molecule has 0 fully saturated rings. The molecule has 0 saturated carbocycles. The summed E-state index contributed by atoms with van der Waals surface area (Å²) in [6.45, 7) is 3.99. The van der Waals surface area contributed by atoms with E-state index < -0.39 is 15.8 Å². The zero-order chi connectivity index (χ0) is 18.7. The van der Waals surface area contributed by atoms with Gasteiger partial charge in [-0.2, -0.15) is 0 Å². The maximum atomic E-state index is 12.9. The van der Waals surface area contributed by atoms with Gasteiger partial charge in [-0.15, -0.1) is 10.2 Å². The first kappa shape index (κ1) is 17.8. The van der Waals surface area contributed by atoms with Gasteiger partial charge in [0.05, 0.1) is 4.90 Å². The highest BCUT2D eigenvalue weighted by molar-refractivity contribution is 7.92. The first-order valence-electron chi connectivity index (χ1n) is 7.80. The Balaban J connectivity index is 1.74. The SMILES string of the molecule is Cc1ccc(Nc2ccc(NS(=O)(=O)c3ccc(F)cc3)nn2)c(C)c1. The number of hydrogen-bond acceptors (Lipinski definition) is 5. The normalized spacial score (nSPS) is 11.2. The number of sulfonamides is 1. The van der Waals surface area contributed by atoms with Crippen molar-refractivity contribution in [1.82, 2.24) is 10.2 Å². The lowest BCUT2D eigenvalue weighted by atomic mass is 10.1. The number of aryl methyl sites for hydroxylation is 2. The summed E-state index contributed by atoms with van der Waals surface area (Å²) in [6.07, 6.45) is 0. The average Bonchev–Trinajstić information content (AvgIpc) is 2.59. The molecule has 134 valence electrons. The lowest BCUT2D eigenvalue weighted by molar-refractivity contribution is 0.599. The minimum absolute atomic E-state index is 0.0572. The zero-order valence-corrected chi connectivity index (χ0v) is 15.0. The van der Waals surface area contributed by atoms with Gasteiger partial charge < -0.3 is 5.32 Å². The van der Waals surface area contributed by atoms with Crippen molar-refractivity contribution >= 4 is 27.3 Å². The Labute approximate surface area is 151 Å². The van der Waals surface area contributed by atoms with Gasteiger partial charge in [-0.1, -0.05) is 17.7 Å². The van der Waals surface area contributed by atoms with E-state index in [9.17, 15) is 12.8 Å². The molecule has 2 aromatic carbocycles. The summed E-state index contributed by atoms with van der Waals surface area (Å²) in [5.41, 5.74) is 3.11. The first-order valence-corrected chi connectivity index (χ1v) is 9.28. The van der Waals surface area contributed by atoms with Crippen LogP contribution in [-0.2, 0) is 10.0 Å². The smallest absolute Gasteiger partial charge is 0.263 e. The van der Waals surface area contributed by atoms with Crippen molar-refractivity contribution in [2.45, 2.75) is 18.7 Å². The standard InChI is InChI=1S/C18H17FN4O2S/c1-12-3-8-16(13(2)11-12)20-17-9-10-18(22-21-17)23-26(24,25)15-6-4-14(19)5-7-15/h3-11H,1-2H3,(H,20,21)(H,22,23). The fourth-order valence-corrected chi connectivity index (χ4v) is 3.35. The summed E-state index contributed by atoms with van der Waals surface area (Å²) in [7, 11) is -3.85. The van der Waals surface area contributed by atoms with Gasteiger partial charge in [0.15, 0.2) is 11.6 Å². The fraction of sp³-hybridized carbons (Fsp3) is 0.111. The van der Waals surface area contributed by atoms with E-state index in [4.69, 9.17) is 0 Å². The number of halogens is 1. The number of hydrogen-bond donors (Lipinski definition) is 2. The third-order valence-electron chi connectivity index (χ3n) is 3.67. The lowest BCUT2D eigenvalue weighted by Crippen LogP contribution is -2.14. The van der Waals surface area contributed by atoms with Crippen molar-refractivity contribution in [2.75, 3.05) is 10.0 Å². The van der Waals surface area contributed by atoms with Gasteiger partial charge in [0, 0.05) is 5.69 Å². The van der Waals surface area contributed by atoms with E-state index in [1.165, 1.54) is 18.2 Å². The molecule has 0 bridgehead atoms. The number of benzene rings is 2. The van der Waals surface area contributed by atoms with Gasteiger partial charge in [-0.25, -0.2) is 12.8 Å². The molecular weight excluding hydrogens is 355 g/mol. The van der Waals surface area contributed by atoms with Gasteiger partial charge in [0.2, 0.25) is 0 Å². The maximum absolute atomic E-state index is 12.9. The third-order valence-corrected chi connectivity index (χ3v) is 5.04. The Hall–Kier alpha value is -3.00. The van der Waals surface area contributed by atoms with Crippen LogP contribution in [0.4, 0.5) is 21.7 Å². The quantitative estimate of drug-likeness (QED) is 0.712. The summed E-state index contributed by atoms with van der Waals surface area (Å²) in [4.78, 5) is -0.0572. The Morgan fingerprint density at radius 3 is 2.15 bits per heavy atom. The van der Waals surface area contributed by atoms with Crippen LogP contribution < -0.4 is 10.0 Å². The van der Waals surface area contributed by atoms with Crippen molar-refractivity contribution in [3.05, 3.63) is 71.5 Å². The number of anilines is 3. The molecule has 0 spiro atoms. The summed E-state index contributed by atoms with van der Waals surface area (Å²) < 4.78 is 39.7. The van der Waals surface area contributed by atoms with E-state index in [0.29, 0.717) is 5.82 Å². The van der Waals surface area contributed by atoms with E-state index >= 15 is 0 Å². The molecule has 0 radical (unpaired) electrons. The van der Waals surface area contributed by atoms with E-state index in [0.717, 1.165) is 28.9 Å². The molecule has 0 aliphatic carbocycles. The average molecular weight is 372 g/mol. The molecule has 3 aromatic rings. The second-order valence-electron chi connectivity index (χ2n) is 5.81. The molecule has 3 rings (SSSR count). The van der Waals surface area contributed by atoms with E-state index in [2.05, 4.69) is 20.2 Å². The van der Waals surface area contributed by atoms with Gasteiger partial charge in [0.1, 0.15) is 5.82 Å². The van der Waals surface area contributed by atoms with Crippen molar-refractivity contribution in [3.63, 3.8) is 0 Å². The van der Waals surface area contributed by atoms with Crippen molar-refractivity contribution in [1.29, 1.82) is 0 Å². The highest BCUT2D eigenvalue weighted by atomic mass is 32.2. The van der Waals surface area contributed by atoms with Crippen molar-refractivity contribution in [2.24, 2.45) is 0 Å². The number of rotatable bonds is 5. The predicted molar refractivity (Wildman–Crippen MR) is 98.4 cm³/mol. The Morgan fingerprint density at radius 1 is 0.885 bits per heavy atom. The van der Waals surface area contributed by atoms with E-state index in [1.54, 1.807) is 6.07 Å². The van der Waals surface area contributed by atoms with E-state index in [1.807, 2.05) is 32.0 Å². The van der Waals surface area contributed by atoms with Crippen LogP contribution in [0.15, 0.2) is 59.5 Å². The molecule has 0 saturated heterocycles. The summed E-state index contributed by atoms with van der Waals surface area (Å²) in [5.74, 6) is 0.0488. The fourth-order valence-electron chi connectivity index (χ4n) is 2.36. The highest BCUT2D eigenvalue weighted by Crippen LogP contribution is 2.21. The van der Waals surface area contributed by atoms with Crippen LogP contribution in [0.1, 0.15) is 11.1 Å². The zero-order valence-electron chi connectivity index (χ0n) is 14.2. The minimum atomic E-state index is -3.85. The lowest BCUT2D eigenvalue weighted by Gasteiger charge is -2.10. The molecule has 6 nitrogen and oxygen atoms in total. The molecule has 1 heterocycles. The topological polar surface area (TPSA) is 84.0 Å². The third kappa shape index (κ3) is 4.15. The van der Waals surface area contributed by atoms with Crippen LogP contribution in [0.3, 0.4) is 0 Å². The number of nitrogens with zero attached hydrogens (tertiary/aromatic N) is 2. The van der Waals surface area contributed by atoms with Crippen LogP contribution >= 0.6 is 0 Å². The first-order chi connectivity index (χ1) is 12.3. The van der Waals surface area contributed by atoms with E-state index in [-0.39, 0.29) is 10.7 Å². The van der Waals surface area contributed by atoms with Crippen LogP contribution in [0.25, 0.3) is 0 Å². The molecule has 26 heavy (non-hydrogen) atoms. The van der Waals surface area contributed by atoms with Gasteiger partial charge >= 0.3 is 0 Å². The molecule has 0 amide bonds. The Bertz CT molecular complexity index is 1020. The summed E-state index contributed by atoms with van der Waals surface area (Å²) >= 11 is 0. The molecule has 0 unspecified atom stereocenters. The highest BCUT2D eigenvalue weighted by Gasteiger charge is 2.15. The number of aromatic nitrogens is 2. The molecule has 0 aliphatic rings. The van der Waals surface area contributed by atoms with Crippen LogP contribution in [0.5, 0.6) is 0 Å². The molecule has 0 aliphatic heterocycles. The summed E-state index contributed by atoms with van der Waals surface area (Å²) in [6, 6.07) is 13.6. The Kier molecular flexibility index (Phi) is 4.85.